The number of carbonyl (C=O) groups excluding carboxylic acids is 2. The predicted octanol–water partition coefficient (Wildman–Crippen LogP) is 5.45. The lowest BCUT2D eigenvalue weighted by Gasteiger charge is -2.28. The predicted molar refractivity (Wildman–Crippen MR) is 122 cm³/mol. The van der Waals surface area contributed by atoms with Crippen LogP contribution in [-0.2, 0) is 16.8 Å². The summed E-state index contributed by atoms with van der Waals surface area (Å²) >= 11 is 3.50. The van der Waals surface area contributed by atoms with Gasteiger partial charge in [-0.3, -0.25) is 4.79 Å². The van der Waals surface area contributed by atoms with Crippen LogP contribution in [0.3, 0.4) is 0 Å². The summed E-state index contributed by atoms with van der Waals surface area (Å²) in [6.07, 6.45) is 0.768. The van der Waals surface area contributed by atoms with Gasteiger partial charge in [0.25, 0.3) is 0 Å². The third kappa shape index (κ3) is 4.53. The molecule has 152 valence electrons. The highest BCUT2D eigenvalue weighted by Crippen LogP contribution is 2.38. The summed E-state index contributed by atoms with van der Waals surface area (Å²) in [4.78, 5) is 26.6. The Balaban J connectivity index is 1.84. The van der Waals surface area contributed by atoms with Gasteiger partial charge in [-0.15, -0.1) is 0 Å². The molecule has 3 amide bonds. The monoisotopic (exact) mass is 455 g/mol. The van der Waals surface area contributed by atoms with Crippen molar-refractivity contribution < 1.29 is 9.59 Å². The molecule has 0 unspecified atom stereocenters. The summed E-state index contributed by atoms with van der Waals surface area (Å²) in [7, 11) is 0. The molecular weight excluding hydrogens is 430 g/mol. The molecule has 0 radical (unpaired) electrons. The van der Waals surface area contributed by atoms with Crippen LogP contribution in [0.15, 0.2) is 47.4 Å². The molecule has 3 rings (SSSR count). The Labute approximate surface area is 180 Å². The zero-order valence-corrected chi connectivity index (χ0v) is 18.8. The van der Waals surface area contributed by atoms with Gasteiger partial charge in [-0.25, -0.2) is 4.79 Å². The number of rotatable bonds is 4. The Morgan fingerprint density at radius 1 is 1.17 bits per heavy atom. The second-order valence-corrected chi connectivity index (χ2v) is 8.86. The van der Waals surface area contributed by atoms with E-state index in [1.54, 1.807) is 11.8 Å². The molecule has 5 nitrogen and oxygen atoms in total. The number of halogens is 1. The third-order valence-electron chi connectivity index (χ3n) is 5.16. The lowest BCUT2D eigenvalue weighted by molar-refractivity contribution is -0.116. The molecule has 0 fully saturated rings. The van der Waals surface area contributed by atoms with Crippen LogP contribution in [0.4, 0.5) is 16.2 Å². The van der Waals surface area contributed by atoms with Crippen molar-refractivity contribution in [3.63, 3.8) is 0 Å². The molecule has 1 aliphatic rings. The molecule has 0 saturated carbocycles. The maximum absolute atomic E-state index is 12.8. The highest BCUT2D eigenvalue weighted by Gasteiger charge is 2.28. The first-order valence-electron chi connectivity index (χ1n) is 9.54. The van der Waals surface area contributed by atoms with Crippen molar-refractivity contribution in [3.8, 4) is 0 Å². The summed E-state index contributed by atoms with van der Waals surface area (Å²) in [6, 6.07) is 11.5. The van der Waals surface area contributed by atoms with Crippen molar-refractivity contribution in [1.82, 2.24) is 5.32 Å². The molecule has 2 aromatic rings. The van der Waals surface area contributed by atoms with E-state index in [9.17, 15) is 9.59 Å². The summed E-state index contributed by atoms with van der Waals surface area (Å²) in [5.41, 5.74) is 4.84. The lowest BCUT2D eigenvalue weighted by atomic mass is 9.92. The number of hydrogen-bond donors (Lipinski definition) is 2. The van der Waals surface area contributed by atoms with Crippen molar-refractivity contribution in [2.75, 3.05) is 16.8 Å². The topological polar surface area (TPSA) is 61.4 Å². The molecule has 0 aromatic heterocycles. The van der Waals surface area contributed by atoms with Crippen molar-refractivity contribution in [2.45, 2.75) is 39.7 Å². The number of nitrogens with zero attached hydrogens (tertiary/aromatic N) is 1. The fourth-order valence-corrected chi connectivity index (χ4v) is 4.11. The normalized spacial score (nSPS) is 13.1. The first-order valence-corrected chi connectivity index (χ1v) is 10.3. The second-order valence-electron chi connectivity index (χ2n) is 7.95. The number of nitrogens with one attached hydrogen (secondary N) is 2. The van der Waals surface area contributed by atoms with Gasteiger partial charge in [-0.2, -0.15) is 0 Å². The van der Waals surface area contributed by atoms with Crippen LogP contribution in [-0.4, -0.2) is 18.5 Å². The van der Waals surface area contributed by atoms with E-state index in [0.717, 1.165) is 38.8 Å². The fraction of sp³-hybridized carbons (Fsp3) is 0.304. The molecule has 2 N–H and O–H groups in total. The number of amides is 3. The molecular formula is C23H26BrN3O2. The Hall–Kier alpha value is -2.60. The number of carbonyl (C=O) groups is 2. The molecule has 0 bridgehead atoms. The molecule has 1 heterocycles. The van der Waals surface area contributed by atoms with Crippen LogP contribution in [0, 0.1) is 0 Å². The van der Waals surface area contributed by atoms with Crippen molar-refractivity contribution in [3.05, 3.63) is 64.1 Å². The molecule has 6 heteroatoms. The fourth-order valence-electron chi connectivity index (χ4n) is 3.60. The molecule has 29 heavy (non-hydrogen) atoms. The van der Waals surface area contributed by atoms with Gasteiger partial charge in [0.15, 0.2) is 0 Å². The molecule has 0 saturated heterocycles. The summed E-state index contributed by atoms with van der Waals surface area (Å²) in [5, 5.41) is 5.98. The van der Waals surface area contributed by atoms with Gasteiger partial charge < -0.3 is 15.5 Å². The SMILES string of the molecule is C=C(C)c1cccc(C(C)(C)NC(=O)Nc2cc(Br)cc3c2N(C(C)=O)CC3)c1. The van der Waals surface area contributed by atoms with E-state index >= 15 is 0 Å². The van der Waals surface area contributed by atoms with Crippen molar-refractivity contribution >= 4 is 44.8 Å². The lowest BCUT2D eigenvalue weighted by Crippen LogP contribution is -2.43. The standard InChI is InChI=1S/C23H26BrN3O2/c1-14(2)16-7-6-8-18(11-16)23(4,5)26-22(29)25-20-13-19(24)12-17-9-10-27(15(3)28)21(17)20/h6-8,11-13H,1,9-10H2,2-5H3,(H2,25,26,29). The minimum Gasteiger partial charge on any atom is -0.329 e. The third-order valence-corrected chi connectivity index (χ3v) is 5.62. The van der Waals surface area contributed by atoms with E-state index in [0.29, 0.717) is 12.2 Å². The van der Waals surface area contributed by atoms with Crippen molar-refractivity contribution in [2.24, 2.45) is 0 Å². The highest BCUT2D eigenvalue weighted by molar-refractivity contribution is 9.10. The Bertz CT molecular complexity index is 998. The molecule has 1 aliphatic heterocycles. The maximum atomic E-state index is 12.8. The molecule has 0 aliphatic carbocycles. The van der Waals surface area contributed by atoms with Crippen LogP contribution >= 0.6 is 15.9 Å². The van der Waals surface area contributed by atoms with E-state index in [2.05, 4.69) is 33.1 Å². The van der Waals surface area contributed by atoms with Gasteiger partial charge in [0.2, 0.25) is 5.91 Å². The van der Waals surface area contributed by atoms with Crippen LogP contribution < -0.4 is 15.5 Å². The van der Waals surface area contributed by atoms with Gasteiger partial charge in [0.05, 0.1) is 16.9 Å². The van der Waals surface area contributed by atoms with Crippen LogP contribution in [0.2, 0.25) is 0 Å². The number of hydrogen-bond acceptors (Lipinski definition) is 2. The minimum atomic E-state index is -0.592. The van der Waals surface area contributed by atoms with Gasteiger partial charge in [0, 0.05) is 17.9 Å². The van der Waals surface area contributed by atoms with Crippen LogP contribution in [0.25, 0.3) is 5.57 Å². The second kappa shape index (κ2) is 8.03. The zero-order chi connectivity index (χ0) is 21.3. The summed E-state index contributed by atoms with van der Waals surface area (Å²) in [5.74, 6) is -0.0357. The molecule has 0 atom stereocenters. The zero-order valence-electron chi connectivity index (χ0n) is 17.2. The first-order chi connectivity index (χ1) is 13.6. The maximum Gasteiger partial charge on any atom is 0.319 e. The largest absolute Gasteiger partial charge is 0.329 e. The van der Waals surface area contributed by atoms with E-state index in [4.69, 9.17) is 0 Å². The van der Waals surface area contributed by atoms with Crippen LogP contribution in [0.5, 0.6) is 0 Å². The summed E-state index contributed by atoms with van der Waals surface area (Å²) < 4.78 is 0.866. The quantitative estimate of drug-likeness (QED) is 0.643. The highest BCUT2D eigenvalue weighted by atomic mass is 79.9. The number of fused-ring (bicyclic) bond motifs is 1. The smallest absolute Gasteiger partial charge is 0.319 e. The Morgan fingerprint density at radius 3 is 2.55 bits per heavy atom. The van der Waals surface area contributed by atoms with Gasteiger partial charge >= 0.3 is 6.03 Å². The summed E-state index contributed by atoms with van der Waals surface area (Å²) in [6.45, 7) is 12.0. The average molecular weight is 456 g/mol. The first kappa shape index (κ1) is 21.1. The Morgan fingerprint density at radius 2 is 1.90 bits per heavy atom. The van der Waals surface area contributed by atoms with E-state index in [-0.39, 0.29) is 11.9 Å². The van der Waals surface area contributed by atoms with Gasteiger partial charge in [0.1, 0.15) is 0 Å². The minimum absolute atomic E-state index is 0.0357. The number of anilines is 2. The van der Waals surface area contributed by atoms with Crippen LogP contribution in [0.1, 0.15) is 44.4 Å². The molecule has 2 aromatic carbocycles. The average Bonchev–Trinajstić information content (AvgIpc) is 3.05. The van der Waals surface area contributed by atoms with E-state index in [1.165, 1.54) is 0 Å². The number of benzene rings is 2. The van der Waals surface area contributed by atoms with Gasteiger partial charge in [-0.05, 0) is 62.1 Å². The number of urea groups is 1. The molecule has 0 spiro atoms. The van der Waals surface area contributed by atoms with E-state index in [1.807, 2.05) is 57.2 Å². The van der Waals surface area contributed by atoms with E-state index < -0.39 is 5.54 Å². The Kier molecular flexibility index (Phi) is 5.85. The van der Waals surface area contributed by atoms with Crippen molar-refractivity contribution in [1.29, 1.82) is 0 Å². The van der Waals surface area contributed by atoms with Gasteiger partial charge in [-0.1, -0.05) is 46.3 Å². The number of allylic oxidation sites excluding steroid dienone is 1.